The summed E-state index contributed by atoms with van der Waals surface area (Å²) in [5.74, 6) is 0.285. The molecular formula is C22H18Br2ClN2O+. The number of halogens is 3. The van der Waals surface area contributed by atoms with Crippen molar-refractivity contribution in [2.75, 3.05) is 0 Å². The smallest absolute Gasteiger partial charge is 0.186 e. The maximum absolute atomic E-state index is 10.5. The van der Waals surface area contributed by atoms with E-state index in [4.69, 9.17) is 11.6 Å². The van der Waals surface area contributed by atoms with Crippen molar-refractivity contribution in [2.45, 2.75) is 12.2 Å². The van der Waals surface area contributed by atoms with Crippen molar-refractivity contribution < 1.29 is 10.4 Å². The third-order valence-corrected chi connectivity index (χ3v) is 6.06. The minimum Gasteiger partial charge on any atom is -0.507 e. The molecule has 142 valence electrons. The zero-order valence-corrected chi connectivity index (χ0v) is 18.7. The summed E-state index contributed by atoms with van der Waals surface area (Å²) in [6.45, 7) is 0. The van der Waals surface area contributed by atoms with Crippen molar-refractivity contribution in [2.24, 2.45) is 0 Å². The molecule has 3 nitrogen and oxygen atoms in total. The van der Waals surface area contributed by atoms with Gasteiger partial charge >= 0.3 is 0 Å². The molecule has 2 atom stereocenters. The van der Waals surface area contributed by atoms with Crippen LogP contribution in [0.5, 0.6) is 5.75 Å². The highest BCUT2D eigenvalue weighted by atomic mass is 79.9. The molecule has 1 heterocycles. The van der Waals surface area contributed by atoms with Crippen molar-refractivity contribution in [1.82, 2.24) is 5.32 Å². The first kappa shape index (κ1) is 19.5. The average Bonchev–Trinajstić information content (AvgIpc) is 2.70. The van der Waals surface area contributed by atoms with E-state index < -0.39 is 0 Å². The van der Waals surface area contributed by atoms with Crippen molar-refractivity contribution >= 4 is 49.2 Å². The summed E-state index contributed by atoms with van der Waals surface area (Å²) >= 11 is 13.1. The Morgan fingerprint density at radius 1 is 0.893 bits per heavy atom. The molecule has 4 rings (SSSR count). The molecule has 1 aliphatic rings. The fraction of sp³-hybridized carbons (Fsp3) is 0.0909. The first-order chi connectivity index (χ1) is 13.5. The Hall–Kier alpha value is -1.79. The fourth-order valence-corrected chi connectivity index (χ4v) is 4.13. The summed E-state index contributed by atoms with van der Waals surface area (Å²) in [5.41, 5.74) is 4.09. The number of hydrogen-bond acceptors (Lipinski definition) is 2. The molecule has 0 saturated heterocycles. The maximum atomic E-state index is 10.5. The van der Waals surface area contributed by atoms with Crippen LogP contribution >= 0.6 is 43.5 Å². The van der Waals surface area contributed by atoms with E-state index in [1.165, 1.54) is 0 Å². The van der Waals surface area contributed by atoms with Gasteiger partial charge in [0.15, 0.2) is 6.17 Å². The Balaban J connectivity index is 1.76. The van der Waals surface area contributed by atoms with Gasteiger partial charge in [-0.2, -0.15) is 0 Å². The number of aromatic hydroxyl groups is 1. The SMILES string of the molecule is Oc1ccc(Br)cc1C1C=C(c2ccc(Cl)cc2)NC(c2ccc(Br)cc2)[NH2+]1. The van der Waals surface area contributed by atoms with Gasteiger partial charge in [0, 0.05) is 31.3 Å². The molecule has 0 amide bonds. The molecule has 3 aromatic carbocycles. The minimum absolute atomic E-state index is 0.00663. The van der Waals surface area contributed by atoms with Gasteiger partial charge in [-0.25, -0.2) is 0 Å². The number of rotatable bonds is 3. The van der Waals surface area contributed by atoms with E-state index in [0.717, 1.165) is 31.3 Å². The Morgan fingerprint density at radius 2 is 1.57 bits per heavy atom. The monoisotopic (exact) mass is 519 g/mol. The number of phenols is 1. The molecule has 0 spiro atoms. The number of quaternary nitrogens is 1. The zero-order valence-electron chi connectivity index (χ0n) is 14.7. The second-order valence-corrected chi connectivity index (χ2v) is 8.95. The molecule has 0 bridgehead atoms. The van der Waals surface area contributed by atoms with Crippen LogP contribution in [-0.2, 0) is 0 Å². The molecule has 0 aliphatic carbocycles. The van der Waals surface area contributed by atoms with Crippen molar-refractivity contribution in [1.29, 1.82) is 0 Å². The van der Waals surface area contributed by atoms with Crippen LogP contribution in [-0.4, -0.2) is 5.11 Å². The van der Waals surface area contributed by atoms with Gasteiger partial charge in [-0.1, -0.05) is 55.6 Å². The summed E-state index contributed by atoms with van der Waals surface area (Å²) in [5, 5.41) is 17.0. The second-order valence-electron chi connectivity index (χ2n) is 6.68. The van der Waals surface area contributed by atoms with Crippen LogP contribution < -0.4 is 10.6 Å². The molecule has 6 heteroatoms. The van der Waals surface area contributed by atoms with Gasteiger partial charge in [0.25, 0.3) is 0 Å². The maximum Gasteiger partial charge on any atom is 0.186 e. The van der Waals surface area contributed by atoms with Crippen LogP contribution in [0.15, 0.2) is 81.8 Å². The van der Waals surface area contributed by atoms with Gasteiger partial charge < -0.3 is 15.7 Å². The number of hydrogen-bond donors (Lipinski definition) is 3. The minimum atomic E-state index is -0.0434. The van der Waals surface area contributed by atoms with Crippen LogP contribution in [0.4, 0.5) is 0 Å². The Kier molecular flexibility index (Phi) is 5.78. The molecule has 0 fully saturated rings. The van der Waals surface area contributed by atoms with Crippen molar-refractivity contribution in [3.05, 3.63) is 103 Å². The molecule has 1 aliphatic heterocycles. The number of nitrogens with one attached hydrogen (secondary N) is 1. The lowest BCUT2D eigenvalue weighted by molar-refractivity contribution is -0.731. The van der Waals surface area contributed by atoms with E-state index in [0.29, 0.717) is 5.02 Å². The summed E-state index contributed by atoms with van der Waals surface area (Å²) in [6, 6.07) is 21.5. The standard InChI is InChI=1S/C22H17Br2ClN2O/c23-15-5-1-14(2-6-15)22-26-19(13-3-8-17(25)9-4-13)12-20(27-22)18-11-16(24)7-10-21(18)28/h1-12,20,22,26-28H/p+1. The number of benzene rings is 3. The molecular weight excluding hydrogens is 504 g/mol. The van der Waals surface area contributed by atoms with Crippen LogP contribution in [0.2, 0.25) is 5.02 Å². The number of phenolic OH excluding ortho intramolecular Hbond substituents is 1. The normalized spacial score (nSPS) is 19.0. The predicted octanol–water partition coefficient (Wildman–Crippen LogP) is 5.52. The molecule has 0 saturated carbocycles. The van der Waals surface area contributed by atoms with Crippen LogP contribution in [0.1, 0.15) is 28.9 Å². The highest BCUT2D eigenvalue weighted by molar-refractivity contribution is 9.10. The topological polar surface area (TPSA) is 48.9 Å². The zero-order chi connectivity index (χ0) is 19.7. The first-order valence-corrected chi connectivity index (χ1v) is 10.8. The van der Waals surface area contributed by atoms with Gasteiger partial charge in [0.2, 0.25) is 0 Å². The summed E-state index contributed by atoms with van der Waals surface area (Å²) < 4.78 is 1.98. The molecule has 0 radical (unpaired) electrons. The lowest BCUT2D eigenvalue weighted by Crippen LogP contribution is -2.89. The van der Waals surface area contributed by atoms with Crippen LogP contribution in [0.25, 0.3) is 5.70 Å². The summed E-state index contributed by atoms with van der Waals surface area (Å²) in [4.78, 5) is 0. The molecule has 2 unspecified atom stereocenters. The van der Waals surface area contributed by atoms with Gasteiger partial charge in [-0.3, -0.25) is 0 Å². The van der Waals surface area contributed by atoms with Gasteiger partial charge in [0.1, 0.15) is 11.8 Å². The van der Waals surface area contributed by atoms with Gasteiger partial charge in [-0.15, -0.1) is 0 Å². The van der Waals surface area contributed by atoms with E-state index >= 15 is 0 Å². The molecule has 0 aromatic heterocycles. The van der Waals surface area contributed by atoms with Crippen LogP contribution in [0.3, 0.4) is 0 Å². The van der Waals surface area contributed by atoms with Crippen molar-refractivity contribution in [3.8, 4) is 5.75 Å². The van der Waals surface area contributed by atoms with Gasteiger partial charge in [-0.05, 0) is 60.2 Å². The highest BCUT2D eigenvalue weighted by Crippen LogP contribution is 2.31. The summed E-state index contributed by atoms with van der Waals surface area (Å²) in [7, 11) is 0. The van der Waals surface area contributed by atoms with E-state index in [9.17, 15) is 5.11 Å². The van der Waals surface area contributed by atoms with Gasteiger partial charge in [0.05, 0.1) is 5.56 Å². The molecule has 4 N–H and O–H groups in total. The van der Waals surface area contributed by atoms with E-state index in [2.05, 4.69) is 60.7 Å². The molecule has 28 heavy (non-hydrogen) atoms. The summed E-state index contributed by atoms with van der Waals surface area (Å²) in [6.07, 6.45) is 2.15. The first-order valence-electron chi connectivity index (χ1n) is 8.83. The van der Waals surface area contributed by atoms with E-state index in [1.807, 2.05) is 48.5 Å². The van der Waals surface area contributed by atoms with Crippen LogP contribution in [0, 0.1) is 0 Å². The largest absolute Gasteiger partial charge is 0.507 e. The van der Waals surface area contributed by atoms with Crippen molar-refractivity contribution in [3.63, 3.8) is 0 Å². The lowest BCUT2D eigenvalue weighted by Gasteiger charge is -2.30. The number of nitrogens with two attached hydrogens (primary N) is 1. The Bertz CT molecular complexity index is 1020. The average molecular weight is 522 g/mol. The van der Waals surface area contributed by atoms with E-state index in [-0.39, 0.29) is 18.0 Å². The highest BCUT2D eigenvalue weighted by Gasteiger charge is 2.29. The fourth-order valence-electron chi connectivity index (χ4n) is 3.37. The third kappa shape index (κ3) is 4.28. The third-order valence-electron chi connectivity index (χ3n) is 4.79. The Morgan fingerprint density at radius 3 is 2.29 bits per heavy atom. The Labute approximate surface area is 185 Å². The molecule has 3 aromatic rings. The quantitative estimate of drug-likeness (QED) is 0.425. The van der Waals surface area contributed by atoms with E-state index in [1.54, 1.807) is 6.07 Å². The second kappa shape index (κ2) is 8.29. The lowest BCUT2D eigenvalue weighted by atomic mass is 9.98. The predicted molar refractivity (Wildman–Crippen MR) is 120 cm³/mol.